The van der Waals surface area contributed by atoms with Gasteiger partial charge >= 0.3 is 5.97 Å². The van der Waals surface area contributed by atoms with Gasteiger partial charge in [0.05, 0.1) is 12.8 Å². The van der Waals surface area contributed by atoms with Crippen molar-refractivity contribution < 1.29 is 14.3 Å². The normalized spacial score (nSPS) is 10.1. The summed E-state index contributed by atoms with van der Waals surface area (Å²) in [5, 5.41) is 3.96. The largest absolute Gasteiger partial charge is 0.463 e. The number of hydrogen-bond acceptors (Lipinski definition) is 5. The number of nitrogens with zero attached hydrogens (tertiary/aromatic N) is 3. The minimum Gasteiger partial charge on any atom is -0.463 e. The summed E-state index contributed by atoms with van der Waals surface area (Å²) < 4.78 is 5.88. The molecule has 0 saturated heterocycles. The summed E-state index contributed by atoms with van der Waals surface area (Å²) in [6.45, 7) is 1.89. The standard InChI is InChI=1S/C12H11N3O3/c1-8-3-4-10(9(5-8)6-16)15-7-13-11(14-15)12(17)18-2/h3-7H,1-2H3. The minimum atomic E-state index is -0.617. The van der Waals surface area contributed by atoms with Gasteiger partial charge in [0.1, 0.15) is 6.33 Å². The van der Waals surface area contributed by atoms with Crippen molar-refractivity contribution in [3.63, 3.8) is 0 Å². The maximum Gasteiger partial charge on any atom is 0.377 e. The van der Waals surface area contributed by atoms with Crippen molar-refractivity contribution in [1.82, 2.24) is 14.8 Å². The molecule has 0 bridgehead atoms. The molecular formula is C12H11N3O3. The van der Waals surface area contributed by atoms with E-state index < -0.39 is 5.97 Å². The molecule has 1 heterocycles. The van der Waals surface area contributed by atoms with Gasteiger partial charge in [-0.2, -0.15) is 0 Å². The molecule has 18 heavy (non-hydrogen) atoms. The van der Waals surface area contributed by atoms with Gasteiger partial charge in [-0.1, -0.05) is 11.6 Å². The van der Waals surface area contributed by atoms with Gasteiger partial charge in [-0.25, -0.2) is 14.5 Å². The average molecular weight is 245 g/mol. The molecule has 0 aliphatic rings. The topological polar surface area (TPSA) is 74.1 Å². The van der Waals surface area contributed by atoms with Crippen LogP contribution in [0.4, 0.5) is 0 Å². The third-order valence-corrected chi connectivity index (χ3v) is 2.42. The summed E-state index contributed by atoms with van der Waals surface area (Å²) in [5.41, 5.74) is 2.02. The maximum atomic E-state index is 11.2. The maximum absolute atomic E-state index is 11.2. The van der Waals surface area contributed by atoms with E-state index in [4.69, 9.17) is 0 Å². The van der Waals surface area contributed by atoms with Gasteiger partial charge in [-0.3, -0.25) is 4.79 Å². The Labute approximate surface area is 103 Å². The fraction of sp³-hybridized carbons (Fsp3) is 0.167. The third-order valence-electron chi connectivity index (χ3n) is 2.42. The SMILES string of the molecule is COC(=O)c1ncn(-c2ccc(C)cc2C=O)n1. The highest BCUT2D eigenvalue weighted by Gasteiger charge is 2.13. The number of methoxy groups -OCH3 is 1. The average Bonchev–Trinajstić information content (AvgIpc) is 2.87. The number of esters is 1. The van der Waals surface area contributed by atoms with Crippen molar-refractivity contribution in [2.24, 2.45) is 0 Å². The lowest BCUT2D eigenvalue weighted by molar-refractivity contribution is 0.0587. The number of carbonyl (C=O) groups excluding carboxylic acids is 2. The second kappa shape index (κ2) is 4.79. The second-order valence-electron chi connectivity index (χ2n) is 3.68. The van der Waals surface area contributed by atoms with Crippen molar-refractivity contribution in [2.45, 2.75) is 6.92 Å². The van der Waals surface area contributed by atoms with Crippen molar-refractivity contribution in [3.05, 3.63) is 41.5 Å². The highest BCUT2D eigenvalue weighted by atomic mass is 16.5. The van der Waals surface area contributed by atoms with Crippen LogP contribution in [0.15, 0.2) is 24.5 Å². The van der Waals surface area contributed by atoms with E-state index in [1.54, 1.807) is 12.1 Å². The van der Waals surface area contributed by atoms with E-state index in [1.165, 1.54) is 18.1 Å². The molecule has 0 atom stereocenters. The van der Waals surface area contributed by atoms with Crippen LogP contribution in [0.3, 0.4) is 0 Å². The lowest BCUT2D eigenvalue weighted by Gasteiger charge is -2.04. The lowest BCUT2D eigenvalue weighted by atomic mass is 10.1. The molecule has 2 aromatic rings. The summed E-state index contributed by atoms with van der Waals surface area (Å²) in [6, 6.07) is 5.33. The predicted molar refractivity (Wildman–Crippen MR) is 62.8 cm³/mol. The number of rotatable bonds is 3. The summed E-state index contributed by atoms with van der Waals surface area (Å²) >= 11 is 0. The Hall–Kier alpha value is -2.50. The Balaban J connectivity index is 2.46. The Morgan fingerprint density at radius 3 is 2.89 bits per heavy atom. The molecule has 0 fully saturated rings. The first-order valence-electron chi connectivity index (χ1n) is 5.22. The molecule has 2 rings (SSSR count). The van der Waals surface area contributed by atoms with Crippen molar-refractivity contribution in [2.75, 3.05) is 7.11 Å². The summed E-state index contributed by atoms with van der Waals surface area (Å²) in [7, 11) is 1.26. The zero-order valence-electron chi connectivity index (χ0n) is 9.95. The smallest absolute Gasteiger partial charge is 0.377 e. The first kappa shape index (κ1) is 12.0. The fourth-order valence-corrected chi connectivity index (χ4v) is 1.54. The van der Waals surface area contributed by atoms with Crippen LogP contribution < -0.4 is 0 Å². The van der Waals surface area contributed by atoms with Gasteiger partial charge in [0.2, 0.25) is 0 Å². The summed E-state index contributed by atoms with van der Waals surface area (Å²) in [5.74, 6) is -0.663. The van der Waals surface area contributed by atoms with Crippen molar-refractivity contribution in [3.8, 4) is 5.69 Å². The molecule has 0 spiro atoms. The van der Waals surface area contributed by atoms with Crippen LogP contribution in [0.1, 0.15) is 26.5 Å². The van der Waals surface area contributed by atoms with Crippen molar-refractivity contribution in [1.29, 1.82) is 0 Å². The van der Waals surface area contributed by atoms with E-state index >= 15 is 0 Å². The molecule has 0 N–H and O–H groups in total. The highest BCUT2D eigenvalue weighted by molar-refractivity contribution is 5.85. The molecule has 1 aromatic carbocycles. The quantitative estimate of drug-likeness (QED) is 0.599. The number of hydrogen-bond donors (Lipinski definition) is 0. The zero-order chi connectivity index (χ0) is 13.1. The highest BCUT2D eigenvalue weighted by Crippen LogP contribution is 2.14. The number of aromatic nitrogens is 3. The molecule has 6 heteroatoms. The van der Waals surface area contributed by atoms with E-state index in [2.05, 4.69) is 14.8 Å². The molecule has 0 amide bonds. The Morgan fingerprint density at radius 2 is 2.22 bits per heavy atom. The van der Waals surface area contributed by atoms with Crippen LogP contribution in [-0.2, 0) is 4.74 Å². The van der Waals surface area contributed by atoms with Gasteiger partial charge < -0.3 is 4.74 Å². The minimum absolute atomic E-state index is 0.0464. The van der Waals surface area contributed by atoms with Crippen LogP contribution >= 0.6 is 0 Å². The Kier molecular flexibility index (Phi) is 3.18. The number of carbonyl (C=O) groups is 2. The number of benzene rings is 1. The number of aryl methyl sites for hydroxylation is 1. The van der Waals surface area contributed by atoms with E-state index in [1.807, 2.05) is 13.0 Å². The predicted octanol–water partition coefficient (Wildman–Crippen LogP) is 1.17. The van der Waals surface area contributed by atoms with Gasteiger partial charge in [0.15, 0.2) is 6.29 Å². The summed E-state index contributed by atoms with van der Waals surface area (Å²) in [4.78, 5) is 26.1. The first-order valence-corrected chi connectivity index (χ1v) is 5.22. The molecule has 0 unspecified atom stereocenters. The number of aldehydes is 1. The van der Waals surface area contributed by atoms with Gasteiger partial charge in [-0.05, 0) is 19.1 Å². The molecule has 0 saturated carbocycles. The number of ether oxygens (including phenoxy) is 1. The van der Waals surface area contributed by atoms with Gasteiger partial charge in [-0.15, -0.1) is 5.10 Å². The van der Waals surface area contributed by atoms with E-state index in [0.717, 1.165) is 11.8 Å². The van der Waals surface area contributed by atoms with Crippen LogP contribution in [-0.4, -0.2) is 34.1 Å². The van der Waals surface area contributed by atoms with Crippen LogP contribution in [0.5, 0.6) is 0 Å². The third kappa shape index (κ3) is 2.13. The fourth-order valence-electron chi connectivity index (χ4n) is 1.54. The molecular weight excluding hydrogens is 234 g/mol. The molecule has 92 valence electrons. The first-order chi connectivity index (χ1) is 8.65. The molecule has 0 aliphatic heterocycles. The molecule has 1 aromatic heterocycles. The van der Waals surface area contributed by atoms with Crippen LogP contribution in [0.2, 0.25) is 0 Å². The molecule has 6 nitrogen and oxygen atoms in total. The van der Waals surface area contributed by atoms with Crippen LogP contribution in [0.25, 0.3) is 5.69 Å². The lowest BCUT2D eigenvalue weighted by Crippen LogP contribution is -2.06. The van der Waals surface area contributed by atoms with Gasteiger partial charge in [0.25, 0.3) is 5.82 Å². The summed E-state index contributed by atoms with van der Waals surface area (Å²) in [6.07, 6.45) is 2.10. The van der Waals surface area contributed by atoms with E-state index in [0.29, 0.717) is 11.3 Å². The molecule has 0 radical (unpaired) electrons. The van der Waals surface area contributed by atoms with Crippen molar-refractivity contribution >= 4 is 12.3 Å². The Morgan fingerprint density at radius 1 is 1.44 bits per heavy atom. The van der Waals surface area contributed by atoms with Crippen LogP contribution in [0, 0.1) is 6.92 Å². The molecule has 0 aliphatic carbocycles. The van der Waals surface area contributed by atoms with E-state index in [-0.39, 0.29) is 5.82 Å². The zero-order valence-corrected chi connectivity index (χ0v) is 9.95. The monoisotopic (exact) mass is 245 g/mol. The van der Waals surface area contributed by atoms with Gasteiger partial charge in [0, 0.05) is 5.56 Å². The van der Waals surface area contributed by atoms with E-state index in [9.17, 15) is 9.59 Å². The second-order valence-corrected chi connectivity index (χ2v) is 3.68. The Bertz CT molecular complexity index is 604.